The molecule has 0 aliphatic carbocycles. The van der Waals surface area contributed by atoms with Gasteiger partial charge < -0.3 is 9.73 Å². The summed E-state index contributed by atoms with van der Waals surface area (Å²) in [7, 11) is 0. The van der Waals surface area contributed by atoms with Gasteiger partial charge in [-0.2, -0.15) is 0 Å². The maximum Gasteiger partial charge on any atom is 0.230 e. The number of hydrogen-bond acceptors (Lipinski definition) is 6. The predicted octanol–water partition coefficient (Wildman–Crippen LogP) is 4.35. The summed E-state index contributed by atoms with van der Waals surface area (Å²) < 4.78 is 7.40. The van der Waals surface area contributed by atoms with Gasteiger partial charge in [-0.25, -0.2) is 0 Å². The Labute approximate surface area is 177 Å². The van der Waals surface area contributed by atoms with E-state index in [2.05, 4.69) is 21.6 Å². The van der Waals surface area contributed by atoms with Crippen molar-refractivity contribution in [1.82, 2.24) is 20.1 Å². The molecule has 0 unspecified atom stereocenters. The number of aryl methyl sites for hydroxylation is 1. The number of nitrogens with zero attached hydrogens (tertiary/aromatic N) is 3. The Morgan fingerprint density at radius 2 is 2.03 bits per heavy atom. The Morgan fingerprint density at radius 3 is 2.76 bits per heavy atom. The quantitative estimate of drug-likeness (QED) is 0.426. The van der Waals surface area contributed by atoms with Gasteiger partial charge in [0.2, 0.25) is 5.91 Å². The number of amides is 1. The molecular formula is C21H20N4O2S2. The van der Waals surface area contributed by atoms with Crippen molar-refractivity contribution < 1.29 is 9.21 Å². The summed E-state index contributed by atoms with van der Waals surface area (Å²) >= 11 is 3.07. The molecule has 0 radical (unpaired) electrons. The van der Waals surface area contributed by atoms with Crippen LogP contribution in [-0.4, -0.2) is 33.0 Å². The first kappa shape index (κ1) is 19.5. The van der Waals surface area contributed by atoms with E-state index in [1.807, 2.05) is 59.3 Å². The molecule has 4 aromatic rings. The van der Waals surface area contributed by atoms with E-state index in [1.165, 1.54) is 16.6 Å². The SMILES string of the molecule is Cc1occc1-c1nnc(SCC(=O)NCCc2cccs2)n1-c1ccccc1. The lowest BCUT2D eigenvalue weighted by molar-refractivity contribution is -0.118. The molecule has 0 aliphatic rings. The molecule has 0 spiro atoms. The average molecular weight is 425 g/mol. The van der Waals surface area contributed by atoms with Crippen molar-refractivity contribution >= 4 is 29.0 Å². The highest BCUT2D eigenvalue weighted by molar-refractivity contribution is 7.99. The fraction of sp³-hybridized carbons (Fsp3) is 0.190. The molecule has 6 nitrogen and oxygen atoms in total. The van der Waals surface area contributed by atoms with Crippen molar-refractivity contribution in [3.8, 4) is 17.1 Å². The Morgan fingerprint density at radius 1 is 1.17 bits per heavy atom. The van der Waals surface area contributed by atoms with Gasteiger partial charge in [0.05, 0.1) is 17.6 Å². The zero-order chi connectivity index (χ0) is 20.1. The molecule has 1 N–H and O–H groups in total. The molecule has 148 valence electrons. The number of benzene rings is 1. The van der Waals surface area contributed by atoms with Crippen LogP contribution in [0.1, 0.15) is 10.6 Å². The maximum absolute atomic E-state index is 12.3. The van der Waals surface area contributed by atoms with Gasteiger partial charge in [0.25, 0.3) is 0 Å². The number of hydrogen-bond donors (Lipinski definition) is 1. The highest BCUT2D eigenvalue weighted by Crippen LogP contribution is 2.30. The van der Waals surface area contributed by atoms with Crippen LogP contribution >= 0.6 is 23.1 Å². The third-order valence-electron chi connectivity index (χ3n) is 4.35. The van der Waals surface area contributed by atoms with Gasteiger partial charge in [-0.3, -0.25) is 9.36 Å². The molecule has 3 heterocycles. The molecule has 0 aliphatic heterocycles. The highest BCUT2D eigenvalue weighted by Gasteiger charge is 2.19. The number of carbonyl (C=O) groups excluding carboxylic acids is 1. The first-order valence-electron chi connectivity index (χ1n) is 9.19. The first-order valence-corrected chi connectivity index (χ1v) is 11.1. The minimum absolute atomic E-state index is 0.0183. The third-order valence-corrected chi connectivity index (χ3v) is 6.22. The van der Waals surface area contributed by atoms with Gasteiger partial charge >= 0.3 is 0 Å². The second-order valence-corrected chi connectivity index (χ2v) is 8.31. The van der Waals surface area contributed by atoms with Gasteiger partial charge in [0, 0.05) is 17.1 Å². The van der Waals surface area contributed by atoms with Crippen molar-refractivity contribution in [2.45, 2.75) is 18.5 Å². The highest BCUT2D eigenvalue weighted by atomic mass is 32.2. The fourth-order valence-electron chi connectivity index (χ4n) is 2.93. The second kappa shape index (κ2) is 9.11. The number of furan rings is 1. The zero-order valence-corrected chi connectivity index (χ0v) is 17.5. The minimum Gasteiger partial charge on any atom is -0.469 e. The number of rotatable bonds is 8. The van der Waals surface area contributed by atoms with E-state index in [1.54, 1.807) is 17.6 Å². The van der Waals surface area contributed by atoms with Gasteiger partial charge in [-0.15, -0.1) is 21.5 Å². The van der Waals surface area contributed by atoms with E-state index < -0.39 is 0 Å². The van der Waals surface area contributed by atoms with Crippen molar-refractivity contribution in [2.75, 3.05) is 12.3 Å². The molecule has 0 saturated heterocycles. The van der Waals surface area contributed by atoms with Crippen molar-refractivity contribution in [2.24, 2.45) is 0 Å². The number of nitrogens with one attached hydrogen (secondary N) is 1. The number of aromatic nitrogens is 3. The van der Waals surface area contributed by atoms with Crippen LogP contribution in [0.4, 0.5) is 0 Å². The van der Waals surface area contributed by atoms with E-state index in [0.717, 1.165) is 23.4 Å². The monoisotopic (exact) mass is 424 g/mol. The van der Waals surface area contributed by atoms with Crippen LogP contribution in [0, 0.1) is 6.92 Å². The third kappa shape index (κ3) is 4.60. The average Bonchev–Trinajstić information content (AvgIpc) is 3.48. The van der Waals surface area contributed by atoms with Crippen LogP contribution in [-0.2, 0) is 11.2 Å². The topological polar surface area (TPSA) is 72.9 Å². The number of carbonyl (C=O) groups is 1. The van der Waals surface area contributed by atoms with Crippen LogP contribution in [0.25, 0.3) is 17.1 Å². The van der Waals surface area contributed by atoms with Crippen LogP contribution in [0.3, 0.4) is 0 Å². The maximum atomic E-state index is 12.3. The molecular weight excluding hydrogens is 404 g/mol. The first-order chi connectivity index (χ1) is 14.2. The van der Waals surface area contributed by atoms with Gasteiger partial charge in [-0.05, 0) is 43.0 Å². The Balaban J connectivity index is 1.48. The molecule has 0 fully saturated rings. The molecule has 1 aromatic carbocycles. The lowest BCUT2D eigenvalue weighted by atomic mass is 10.2. The normalized spacial score (nSPS) is 10.9. The van der Waals surface area contributed by atoms with E-state index in [4.69, 9.17) is 4.42 Å². The molecule has 4 rings (SSSR count). The summed E-state index contributed by atoms with van der Waals surface area (Å²) in [5.74, 6) is 1.73. The van der Waals surface area contributed by atoms with Crippen LogP contribution in [0.5, 0.6) is 0 Å². The van der Waals surface area contributed by atoms with Crippen molar-refractivity contribution in [3.05, 3.63) is 70.8 Å². The summed E-state index contributed by atoms with van der Waals surface area (Å²) in [5.41, 5.74) is 1.82. The van der Waals surface area contributed by atoms with Gasteiger partial charge in [-0.1, -0.05) is 36.0 Å². The number of thiophene rings is 1. The van der Waals surface area contributed by atoms with Crippen molar-refractivity contribution in [3.63, 3.8) is 0 Å². The molecule has 29 heavy (non-hydrogen) atoms. The molecule has 0 bridgehead atoms. The lowest BCUT2D eigenvalue weighted by Gasteiger charge is -2.10. The summed E-state index contributed by atoms with van der Waals surface area (Å²) in [4.78, 5) is 13.5. The Bertz CT molecular complexity index is 1070. The largest absolute Gasteiger partial charge is 0.469 e. The van der Waals surface area contributed by atoms with Crippen molar-refractivity contribution in [1.29, 1.82) is 0 Å². The smallest absolute Gasteiger partial charge is 0.230 e. The molecule has 3 aromatic heterocycles. The molecule has 8 heteroatoms. The predicted molar refractivity (Wildman–Crippen MR) is 116 cm³/mol. The molecule has 0 atom stereocenters. The van der Waals surface area contributed by atoms with E-state index in [0.29, 0.717) is 17.5 Å². The molecule has 0 saturated carbocycles. The van der Waals surface area contributed by atoms with Crippen LogP contribution in [0.15, 0.2) is 69.7 Å². The summed E-state index contributed by atoms with van der Waals surface area (Å²) in [6, 6.07) is 15.9. The fourth-order valence-corrected chi connectivity index (χ4v) is 4.42. The van der Waals surface area contributed by atoms with Crippen LogP contribution in [0.2, 0.25) is 0 Å². The van der Waals surface area contributed by atoms with E-state index >= 15 is 0 Å². The lowest BCUT2D eigenvalue weighted by Crippen LogP contribution is -2.27. The summed E-state index contributed by atoms with van der Waals surface area (Å²) in [6.07, 6.45) is 2.49. The number of thioether (sulfide) groups is 1. The summed E-state index contributed by atoms with van der Waals surface area (Å²) in [6.45, 7) is 2.53. The van der Waals surface area contributed by atoms with E-state index in [-0.39, 0.29) is 11.7 Å². The standard InChI is InChI=1S/C21H20N4O2S2/c1-15-18(10-12-27-15)20-23-24-21(25(20)16-6-3-2-4-7-16)29-14-19(26)22-11-9-17-8-5-13-28-17/h2-8,10,12-13H,9,11,14H2,1H3,(H,22,26). The van der Waals surface area contributed by atoms with E-state index in [9.17, 15) is 4.79 Å². The number of para-hydroxylation sites is 1. The Kier molecular flexibility index (Phi) is 6.12. The Hall–Kier alpha value is -2.84. The minimum atomic E-state index is -0.0183. The zero-order valence-electron chi connectivity index (χ0n) is 15.9. The van der Waals surface area contributed by atoms with Gasteiger partial charge in [0.1, 0.15) is 5.76 Å². The molecule has 1 amide bonds. The van der Waals surface area contributed by atoms with Gasteiger partial charge in [0.15, 0.2) is 11.0 Å². The second-order valence-electron chi connectivity index (χ2n) is 6.34. The van der Waals surface area contributed by atoms with Crippen LogP contribution < -0.4 is 5.32 Å². The summed E-state index contributed by atoms with van der Waals surface area (Å²) in [5, 5.41) is 14.4.